The summed E-state index contributed by atoms with van der Waals surface area (Å²) in [6.07, 6.45) is 0.980. The minimum atomic E-state index is -3.67. The predicted octanol–water partition coefficient (Wildman–Crippen LogP) is 4.45. The SMILES string of the molecule is CCCN1Cc2cc(Oc3cccc(NS(=O)(=O)c4ccccc4)c3)ccc2N=C1N. The average molecular weight is 437 g/mol. The van der Waals surface area contributed by atoms with E-state index >= 15 is 0 Å². The van der Waals surface area contributed by atoms with E-state index in [-0.39, 0.29) is 4.90 Å². The third-order valence-corrected chi connectivity index (χ3v) is 6.24. The van der Waals surface area contributed by atoms with Gasteiger partial charge in [-0.3, -0.25) is 4.72 Å². The Balaban J connectivity index is 1.52. The van der Waals surface area contributed by atoms with Crippen LogP contribution in [0.3, 0.4) is 0 Å². The van der Waals surface area contributed by atoms with E-state index in [0.29, 0.717) is 29.7 Å². The van der Waals surface area contributed by atoms with Crippen molar-refractivity contribution in [3.63, 3.8) is 0 Å². The molecule has 3 aromatic carbocycles. The number of ether oxygens (including phenoxy) is 1. The lowest BCUT2D eigenvalue weighted by Crippen LogP contribution is -2.39. The largest absolute Gasteiger partial charge is 0.457 e. The summed E-state index contributed by atoms with van der Waals surface area (Å²) in [7, 11) is -3.67. The topological polar surface area (TPSA) is 97.0 Å². The van der Waals surface area contributed by atoms with Gasteiger partial charge in [-0.15, -0.1) is 0 Å². The van der Waals surface area contributed by atoms with Gasteiger partial charge in [-0.2, -0.15) is 0 Å². The van der Waals surface area contributed by atoms with Crippen LogP contribution in [0.2, 0.25) is 0 Å². The molecule has 0 radical (unpaired) electrons. The number of sulfonamides is 1. The van der Waals surface area contributed by atoms with Gasteiger partial charge in [0.15, 0.2) is 5.96 Å². The van der Waals surface area contributed by atoms with Crippen molar-refractivity contribution in [1.82, 2.24) is 4.90 Å². The standard InChI is InChI=1S/C23H24N4O3S/c1-2-13-27-16-17-14-20(11-12-22(17)25-23(27)24)30-19-8-6-7-18(15-19)26-31(28,29)21-9-4-3-5-10-21/h3-12,14-15,26H,2,13,16H2,1H3,(H2,24,25). The highest BCUT2D eigenvalue weighted by molar-refractivity contribution is 7.92. The molecule has 0 saturated heterocycles. The van der Waals surface area contributed by atoms with Crippen molar-refractivity contribution >= 4 is 27.4 Å². The molecule has 0 aliphatic carbocycles. The van der Waals surface area contributed by atoms with Gasteiger partial charge in [-0.05, 0) is 48.9 Å². The first-order valence-corrected chi connectivity index (χ1v) is 11.5. The average Bonchev–Trinajstić information content (AvgIpc) is 2.75. The van der Waals surface area contributed by atoms with Crippen LogP contribution in [-0.2, 0) is 16.6 Å². The number of fused-ring (bicyclic) bond motifs is 1. The Morgan fingerprint density at radius 2 is 1.81 bits per heavy atom. The smallest absolute Gasteiger partial charge is 0.261 e. The van der Waals surface area contributed by atoms with Gasteiger partial charge in [0.05, 0.1) is 16.3 Å². The first kappa shape index (κ1) is 20.7. The zero-order chi connectivity index (χ0) is 21.8. The summed E-state index contributed by atoms with van der Waals surface area (Å²) in [5.41, 5.74) is 8.32. The van der Waals surface area contributed by atoms with Crippen molar-refractivity contribution in [2.24, 2.45) is 10.7 Å². The fourth-order valence-electron chi connectivity index (χ4n) is 3.38. The quantitative estimate of drug-likeness (QED) is 0.570. The number of rotatable bonds is 7. The van der Waals surface area contributed by atoms with Crippen LogP contribution in [0.4, 0.5) is 11.4 Å². The van der Waals surface area contributed by atoms with Crippen LogP contribution < -0.4 is 15.2 Å². The van der Waals surface area contributed by atoms with Crippen molar-refractivity contribution in [3.05, 3.63) is 78.4 Å². The molecule has 0 spiro atoms. The van der Waals surface area contributed by atoms with Gasteiger partial charge in [0.2, 0.25) is 0 Å². The Morgan fingerprint density at radius 1 is 1.03 bits per heavy atom. The highest BCUT2D eigenvalue weighted by atomic mass is 32.2. The number of hydrogen-bond acceptors (Lipinski definition) is 6. The first-order chi connectivity index (χ1) is 14.9. The number of nitrogens with zero attached hydrogens (tertiary/aromatic N) is 2. The molecule has 0 fully saturated rings. The summed E-state index contributed by atoms with van der Waals surface area (Å²) in [6, 6.07) is 20.7. The van der Waals surface area contributed by atoms with Crippen molar-refractivity contribution in [3.8, 4) is 11.5 Å². The third kappa shape index (κ3) is 4.80. The molecule has 8 heteroatoms. The van der Waals surface area contributed by atoms with Gasteiger partial charge >= 0.3 is 0 Å². The molecule has 3 aromatic rings. The summed E-state index contributed by atoms with van der Waals surface area (Å²) >= 11 is 0. The molecule has 1 aliphatic rings. The minimum Gasteiger partial charge on any atom is -0.457 e. The van der Waals surface area contributed by atoms with Crippen LogP contribution in [0.5, 0.6) is 11.5 Å². The second-order valence-electron chi connectivity index (χ2n) is 7.23. The van der Waals surface area contributed by atoms with E-state index in [4.69, 9.17) is 10.5 Å². The maximum absolute atomic E-state index is 12.6. The molecule has 160 valence electrons. The molecule has 0 bridgehead atoms. The number of benzene rings is 3. The van der Waals surface area contributed by atoms with Crippen molar-refractivity contribution in [1.29, 1.82) is 0 Å². The monoisotopic (exact) mass is 436 g/mol. The summed E-state index contributed by atoms with van der Waals surface area (Å²) in [5, 5.41) is 0. The van der Waals surface area contributed by atoms with Crippen LogP contribution in [0, 0.1) is 0 Å². The number of aliphatic imine (C=N–C) groups is 1. The number of nitrogens with one attached hydrogen (secondary N) is 1. The van der Waals surface area contributed by atoms with Crippen molar-refractivity contribution < 1.29 is 13.2 Å². The van der Waals surface area contributed by atoms with Crippen molar-refractivity contribution in [2.75, 3.05) is 11.3 Å². The fourth-order valence-corrected chi connectivity index (χ4v) is 4.45. The van der Waals surface area contributed by atoms with E-state index in [2.05, 4.69) is 16.6 Å². The van der Waals surface area contributed by atoms with Gasteiger partial charge in [-0.25, -0.2) is 13.4 Å². The van der Waals surface area contributed by atoms with Crippen LogP contribution in [0.15, 0.2) is 82.7 Å². The Hall–Kier alpha value is -3.52. The zero-order valence-corrected chi connectivity index (χ0v) is 18.0. The lowest BCUT2D eigenvalue weighted by Gasteiger charge is -2.28. The van der Waals surface area contributed by atoms with E-state index in [1.807, 2.05) is 23.1 Å². The lowest BCUT2D eigenvalue weighted by molar-refractivity contribution is 0.400. The zero-order valence-electron chi connectivity index (χ0n) is 17.2. The van der Waals surface area contributed by atoms with E-state index < -0.39 is 10.0 Å². The molecule has 0 unspecified atom stereocenters. The summed E-state index contributed by atoms with van der Waals surface area (Å²) in [5.74, 6) is 1.70. The van der Waals surface area contributed by atoms with Crippen LogP contribution in [0.1, 0.15) is 18.9 Å². The molecular weight excluding hydrogens is 412 g/mol. The maximum atomic E-state index is 12.6. The van der Waals surface area contributed by atoms with Crippen LogP contribution >= 0.6 is 0 Å². The van der Waals surface area contributed by atoms with Gasteiger partial charge in [0, 0.05) is 24.7 Å². The Morgan fingerprint density at radius 3 is 2.58 bits per heavy atom. The fraction of sp³-hybridized carbons (Fsp3) is 0.174. The molecule has 0 aromatic heterocycles. The Kier molecular flexibility index (Phi) is 5.81. The molecule has 4 rings (SSSR count). The number of nitrogens with two attached hydrogens (primary N) is 1. The van der Waals surface area contributed by atoms with E-state index in [9.17, 15) is 8.42 Å². The van der Waals surface area contributed by atoms with Crippen LogP contribution in [-0.4, -0.2) is 25.8 Å². The molecule has 0 atom stereocenters. The van der Waals surface area contributed by atoms with E-state index in [1.165, 1.54) is 0 Å². The predicted molar refractivity (Wildman–Crippen MR) is 122 cm³/mol. The molecule has 0 amide bonds. The summed E-state index contributed by atoms with van der Waals surface area (Å²) < 4.78 is 33.7. The second-order valence-corrected chi connectivity index (χ2v) is 8.91. The molecule has 3 N–H and O–H groups in total. The number of guanidine groups is 1. The van der Waals surface area contributed by atoms with Crippen molar-refractivity contribution in [2.45, 2.75) is 24.8 Å². The summed E-state index contributed by atoms with van der Waals surface area (Å²) in [4.78, 5) is 6.70. The maximum Gasteiger partial charge on any atom is 0.261 e. The Labute approximate surface area is 182 Å². The Bertz CT molecular complexity index is 1210. The van der Waals surface area contributed by atoms with Crippen LogP contribution in [0.25, 0.3) is 0 Å². The van der Waals surface area contributed by atoms with Gasteiger partial charge in [0.1, 0.15) is 11.5 Å². The molecule has 31 heavy (non-hydrogen) atoms. The second kappa shape index (κ2) is 8.69. The minimum absolute atomic E-state index is 0.201. The first-order valence-electron chi connectivity index (χ1n) is 10.0. The number of anilines is 1. The summed E-state index contributed by atoms with van der Waals surface area (Å²) in [6.45, 7) is 3.61. The molecule has 1 heterocycles. The highest BCUT2D eigenvalue weighted by Crippen LogP contribution is 2.32. The lowest BCUT2D eigenvalue weighted by atomic mass is 10.1. The highest BCUT2D eigenvalue weighted by Gasteiger charge is 2.18. The van der Waals surface area contributed by atoms with Gasteiger partial charge in [0.25, 0.3) is 10.0 Å². The molecule has 7 nitrogen and oxygen atoms in total. The molecule has 0 saturated carbocycles. The number of hydrogen-bond donors (Lipinski definition) is 2. The normalized spacial score (nSPS) is 13.3. The van der Waals surface area contributed by atoms with Gasteiger partial charge in [-0.1, -0.05) is 31.2 Å². The van der Waals surface area contributed by atoms with E-state index in [0.717, 1.165) is 24.2 Å². The third-order valence-electron chi connectivity index (χ3n) is 4.84. The molecular formula is C23H24N4O3S. The van der Waals surface area contributed by atoms with E-state index in [1.54, 1.807) is 54.6 Å². The van der Waals surface area contributed by atoms with Gasteiger partial charge < -0.3 is 15.4 Å². The molecule has 1 aliphatic heterocycles.